The summed E-state index contributed by atoms with van der Waals surface area (Å²) in [4.78, 5) is 0. The van der Waals surface area contributed by atoms with E-state index in [0.717, 1.165) is 5.56 Å². The zero-order chi connectivity index (χ0) is 9.42. The maximum Gasteiger partial charge on any atom is 0.126 e. The summed E-state index contributed by atoms with van der Waals surface area (Å²) >= 11 is 0. The van der Waals surface area contributed by atoms with Crippen LogP contribution in [0.3, 0.4) is 0 Å². The molecule has 1 nitrogen and oxygen atoms in total. The van der Waals surface area contributed by atoms with Crippen molar-refractivity contribution in [3.63, 3.8) is 0 Å². The largest absolute Gasteiger partial charge is 0.324 e. The Morgan fingerprint density at radius 3 is 2.77 bits per heavy atom. The maximum atomic E-state index is 13.2. The number of halogens is 1. The molecule has 0 aliphatic heterocycles. The van der Waals surface area contributed by atoms with Gasteiger partial charge in [-0.3, -0.25) is 0 Å². The Morgan fingerprint density at radius 1 is 1.46 bits per heavy atom. The van der Waals surface area contributed by atoms with Crippen molar-refractivity contribution in [2.45, 2.75) is 25.8 Å². The van der Waals surface area contributed by atoms with Crippen LogP contribution in [0.2, 0.25) is 0 Å². The highest BCUT2D eigenvalue weighted by Gasteiger charge is 2.30. The van der Waals surface area contributed by atoms with Crippen LogP contribution >= 0.6 is 0 Å². The first-order valence-electron chi connectivity index (χ1n) is 4.70. The number of nitrogens with two attached hydrogens (primary N) is 1. The predicted molar refractivity (Wildman–Crippen MR) is 50.8 cm³/mol. The number of hydrogen-bond donors (Lipinski definition) is 1. The van der Waals surface area contributed by atoms with Gasteiger partial charge in [0, 0.05) is 6.04 Å². The average Bonchev–Trinajstić information content (AvgIpc) is 2.91. The number of rotatable bonds is 2. The SMILES string of the molecule is Cc1c(F)cccc1[C@H](N)C1CC1. The molecule has 1 atom stereocenters. The Morgan fingerprint density at radius 2 is 2.15 bits per heavy atom. The molecule has 0 radical (unpaired) electrons. The summed E-state index contributed by atoms with van der Waals surface area (Å²) in [7, 11) is 0. The van der Waals surface area contributed by atoms with Gasteiger partial charge >= 0.3 is 0 Å². The van der Waals surface area contributed by atoms with E-state index in [1.54, 1.807) is 13.0 Å². The van der Waals surface area contributed by atoms with E-state index >= 15 is 0 Å². The summed E-state index contributed by atoms with van der Waals surface area (Å²) in [6.07, 6.45) is 2.38. The van der Waals surface area contributed by atoms with Gasteiger partial charge in [-0.25, -0.2) is 4.39 Å². The van der Waals surface area contributed by atoms with Crippen molar-refractivity contribution in [1.29, 1.82) is 0 Å². The summed E-state index contributed by atoms with van der Waals surface area (Å²) in [5.41, 5.74) is 7.69. The molecule has 1 aliphatic carbocycles. The zero-order valence-corrected chi connectivity index (χ0v) is 7.76. The predicted octanol–water partition coefficient (Wildman–Crippen LogP) is 2.54. The van der Waals surface area contributed by atoms with Gasteiger partial charge in [0.15, 0.2) is 0 Å². The Balaban J connectivity index is 2.32. The van der Waals surface area contributed by atoms with E-state index in [1.165, 1.54) is 18.9 Å². The van der Waals surface area contributed by atoms with Gasteiger partial charge in [-0.05, 0) is 42.9 Å². The standard InChI is InChI=1S/C11H14FN/c1-7-9(3-2-4-10(7)12)11(13)8-5-6-8/h2-4,8,11H,5-6,13H2,1H3/t11-/m1/s1. The van der Waals surface area contributed by atoms with E-state index in [-0.39, 0.29) is 11.9 Å². The van der Waals surface area contributed by atoms with Crippen molar-refractivity contribution < 1.29 is 4.39 Å². The molecule has 0 amide bonds. The third-order valence-corrected chi connectivity index (χ3v) is 2.80. The van der Waals surface area contributed by atoms with Gasteiger partial charge in [-0.15, -0.1) is 0 Å². The first kappa shape index (κ1) is 8.70. The summed E-state index contributed by atoms with van der Waals surface area (Å²) in [6.45, 7) is 1.80. The molecule has 1 aliphatic rings. The summed E-state index contributed by atoms with van der Waals surface area (Å²) in [5, 5.41) is 0. The van der Waals surface area contributed by atoms with Crippen LogP contribution in [0.4, 0.5) is 4.39 Å². The molecule has 1 aromatic rings. The first-order valence-corrected chi connectivity index (χ1v) is 4.70. The Bertz CT molecular complexity index is 318. The molecule has 0 bridgehead atoms. The van der Waals surface area contributed by atoms with Gasteiger partial charge in [-0.2, -0.15) is 0 Å². The van der Waals surface area contributed by atoms with E-state index in [2.05, 4.69) is 0 Å². The second-order valence-corrected chi connectivity index (χ2v) is 3.82. The molecule has 0 aromatic heterocycles. The molecule has 2 heteroatoms. The van der Waals surface area contributed by atoms with Crippen LogP contribution < -0.4 is 5.73 Å². The molecular weight excluding hydrogens is 165 g/mol. The molecular formula is C11H14FN. The molecule has 0 saturated heterocycles. The number of hydrogen-bond acceptors (Lipinski definition) is 1. The Labute approximate surface area is 77.8 Å². The Kier molecular flexibility index (Phi) is 2.08. The number of benzene rings is 1. The molecule has 1 fully saturated rings. The van der Waals surface area contributed by atoms with Gasteiger partial charge in [-0.1, -0.05) is 12.1 Å². The topological polar surface area (TPSA) is 26.0 Å². The molecule has 13 heavy (non-hydrogen) atoms. The monoisotopic (exact) mass is 179 g/mol. The third-order valence-electron chi connectivity index (χ3n) is 2.80. The van der Waals surface area contributed by atoms with E-state index in [9.17, 15) is 4.39 Å². The second-order valence-electron chi connectivity index (χ2n) is 3.82. The quantitative estimate of drug-likeness (QED) is 0.741. The maximum absolute atomic E-state index is 13.2. The van der Waals surface area contributed by atoms with Crippen LogP contribution in [0, 0.1) is 18.7 Å². The molecule has 2 rings (SSSR count). The smallest absolute Gasteiger partial charge is 0.126 e. The molecule has 0 heterocycles. The van der Waals surface area contributed by atoms with E-state index < -0.39 is 0 Å². The first-order chi connectivity index (χ1) is 6.20. The fraction of sp³-hybridized carbons (Fsp3) is 0.455. The third kappa shape index (κ3) is 1.59. The second kappa shape index (κ2) is 3.11. The van der Waals surface area contributed by atoms with Gasteiger partial charge in [0.2, 0.25) is 0 Å². The molecule has 1 aromatic carbocycles. The van der Waals surface area contributed by atoms with E-state index in [4.69, 9.17) is 5.73 Å². The summed E-state index contributed by atoms with van der Waals surface area (Å²) in [5.74, 6) is 0.439. The molecule has 0 unspecified atom stereocenters. The molecule has 70 valence electrons. The molecule has 0 spiro atoms. The van der Waals surface area contributed by atoms with Crippen molar-refractivity contribution in [2.24, 2.45) is 11.7 Å². The fourth-order valence-electron chi connectivity index (χ4n) is 1.69. The lowest BCUT2D eigenvalue weighted by Gasteiger charge is -2.13. The lowest BCUT2D eigenvalue weighted by molar-refractivity contribution is 0.590. The zero-order valence-electron chi connectivity index (χ0n) is 7.76. The molecule has 1 saturated carbocycles. The minimum Gasteiger partial charge on any atom is -0.324 e. The fourth-order valence-corrected chi connectivity index (χ4v) is 1.69. The van der Waals surface area contributed by atoms with Crippen LogP contribution in [0.15, 0.2) is 18.2 Å². The van der Waals surface area contributed by atoms with Crippen LogP contribution in [0.5, 0.6) is 0 Å². The van der Waals surface area contributed by atoms with Crippen molar-refractivity contribution >= 4 is 0 Å². The van der Waals surface area contributed by atoms with Crippen LogP contribution in [0.1, 0.15) is 30.0 Å². The highest BCUT2D eigenvalue weighted by molar-refractivity contribution is 5.31. The lowest BCUT2D eigenvalue weighted by atomic mass is 9.98. The normalized spacial score (nSPS) is 18.7. The van der Waals surface area contributed by atoms with E-state index in [1.807, 2.05) is 6.07 Å². The van der Waals surface area contributed by atoms with E-state index in [0.29, 0.717) is 11.5 Å². The van der Waals surface area contributed by atoms with Gasteiger partial charge in [0.05, 0.1) is 0 Å². The van der Waals surface area contributed by atoms with Crippen LogP contribution in [0.25, 0.3) is 0 Å². The van der Waals surface area contributed by atoms with Crippen molar-refractivity contribution in [3.8, 4) is 0 Å². The van der Waals surface area contributed by atoms with Crippen LogP contribution in [-0.4, -0.2) is 0 Å². The minimum absolute atomic E-state index is 0.0377. The van der Waals surface area contributed by atoms with Crippen LogP contribution in [-0.2, 0) is 0 Å². The summed E-state index contributed by atoms with van der Waals surface area (Å²) in [6, 6.07) is 5.19. The van der Waals surface area contributed by atoms with Gasteiger partial charge < -0.3 is 5.73 Å². The molecule has 2 N–H and O–H groups in total. The Hall–Kier alpha value is -0.890. The highest BCUT2D eigenvalue weighted by Crippen LogP contribution is 2.40. The minimum atomic E-state index is -0.145. The summed E-state index contributed by atoms with van der Waals surface area (Å²) < 4.78 is 13.2. The lowest BCUT2D eigenvalue weighted by Crippen LogP contribution is -2.14. The van der Waals surface area contributed by atoms with Crippen molar-refractivity contribution in [3.05, 3.63) is 35.1 Å². The van der Waals surface area contributed by atoms with Gasteiger partial charge in [0.25, 0.3) is 0 Å². The van der Waals surface area contributed by atoms with Crippen molar-refractivity contribution in [1.82, 2.24) is 0 Å². The average molecular weight is 179 g/mol. The highest BCUT2D eigenvalue weighted by atomic mass is 19.1. The van der Waals surface area contributed by atoms with Gasteiger partial charge in [0.1, 0.15) is 5.82 Å². The van der Waals surface area contributed by atoms with Crippen molar-refractivity contribution in [2.75, 3.05) is 0 Å².